The SMILES string of the molecule is COc1cc(CCCN(C)C)c([N+](=O)[O-])cc1Cc1nccc(-c2c3c(n4c2CCC4)CCC=C3)n1. The lowest BCUT2D eigenvalue weighted by Crippen LogP contribution is -2.14. The Kier molecular flexibility index (Phi) is 6.87. The molecule has 188 valence electrons. The van der Waals surface area contributed by atoms with Crippen LogP contribution in [0.25, 0.3) is 17.3 Å². The molecule has 8 nitrogen and oxygen atoms in total. The highest BCUT2D eigenvalue weighted by molar-refractivity contribution is 5.79. The fraction of sp³-hybridized carbons (Fsp3) is 0.429. The number of allylic oxidation sites excluding steroid dienone is 1. The summed E-state index contributed by atoms with van der Waals surface area (Å²) in [7, 11) is 5.61. The topological polar surface area (TPSA) is 86.3 Å². The summed E-state index contributed by atoms with van der Waals surface area (Å²) in [6, 6.07) is 5.43. The third kappa shape index (κ3) is 4.65. The second-order valence-electron chi connectivity index (χ2n) is 9.87. The van der Waals surface area contributed by atoms with Crippen molar-refractivity contribution in [2.45, 2.75) is 51.5 Å². The van der Waals surface area contributed by atoms with Gasteiger partial charge >= 0.3 is 0 Å². The molecule has 8 heteroatoms. The van der Waals surface area contributed by atoms with Gasteiger partial charge in [-0.2, -0.15) is 0 Å². The van der Waals surface area contributed by atoms with E-state index in [9.17, 15) is 10.1 Å². The van der Waals surface area contributed by atoms with Gasteiger partial charge in [0.2, 0.25) is 0 Å². The normalized spacial score (nSPS) is 14.2. The maximum Gasteiger partial charge on any atom is 0.273 e. The lowest BCUT2D eigenvalue weighted by molar-refractivity contribution is -0.385. The summed E-state index contributed by atoms with van der Waals surface area (Å²) in [5.74, 6) is 1.27. The lowest BCUT2D eigenvalue weighted by Gasteiger charge is -2.13. The average Bonchev–Trinajstić information content (AvgIpc) is 3.45. The minimum absolute atomic E-state index is 0.130. The van der Waals surface area contributed by atoms with Crippen LogP contribution in [0, 0.1) is 10.1 Å². The van der Waals surface area contributed by atoms with Crippen LogP contribution < -0.4 is 4.74 Å². The van der Waals surface area contributed by atoms with Gasteiger partial charge in [-0.25, -0.2) is 9.97 Å². The monoisotopic (exact) mass is 487 g/mol. The van der Waals surface area contributed by atoms with E-state index in [0.29, 0.717) is 30.0 Å². The van der Waals surface area contributed by atoms with Gasteiger partial charge in [0.05, 0.1) is 17.7 Å². The third-order valence-electron chi connectivity index (χ3n) is 7.19. The van der Waals surface area contributed by atoms with Crippen LogP contribution in [0.3, 0.4) is 0 Å². The number of benzene rings is 1. The van der Waals surface area contributed by atoms with E-state index in [2.05, 4.69) is 26.6 Å². The van der Waals surface area contributed by atoms with Crippen molar-refractivity contribution in [3.8, 4) is 17.0 Å². The lowest BCUT2D eigenvalue weighted by atomic mass is 9.97. The smallest absolute Gasteiger partial charge is 0.273 e. The van der Waals surface area contributed by atoms with Crippen LogP contribution in [-0.4, -0.2) is 52.1 Å². The van der Waals surface area contributed by atoms with Gasteiger partial charge in [0, 0.05) is 58.9 Å². The zero-order valence-corrected chi connectivity index (χ0v) is 21.3. The molecule has 0 amide bonds. The molecule has 3 aromatic rings. The first kappa shape index (κ1) is 24.2. The van der Waals surface area contributed by atoms with Crippen LogP contribution >= 0.6 is 0 Å². The Hall–Kier alpha value is -3.52. The Morgan fingerprint density at radius 3 is 2.83 bits per heavy atom. The maximum atomic E-state index is 11.9. The minimum Gasteiger partial charge on any atom is -0.496 e. The molecule has 2 aliphatic rings. The van der Waals surface area contributed by atoms with E-state index in [1.165, 1.54) is 28.9 Å². The van der Waals surface area contributed by atoms with E-state index >= 15 is 0 Å². The Balaban J connectivity index is 1.48. The number of aryl methyl sites for hydroxylation is 1. The molecule has 2 aromatic heterocycles. The van der Waals surface area contributed by atoms with Crippen molar-refractivity contribution in [2.24, 2.45) is 0 Å². The summed E-state index contributed by atoms with van der Waals surface area (Å²) in [5, 5.41) is 11.9. The van der Waals surface area contributed by atoms with Gasteiger partial charge in [-0.1, -0.05) is 12.2 Å². The van der Waals surface area contributed by atoms with Crippen LogP contribution in [0.5, 0.6) is 5.75 Å². The summed E-state index contributed by atoms with van der Waals surface area (Å²) >= 11 is 0. The highest BCUT2D eigenvalue weighted by Crippen LogP contribution is 2.39. The number of methoxy groups -OCH3 is 1. The minimum atomic E-state index is -0.297. The molecule has 0 unspecified atom stereocenters. The van der Waals surface area contributed by atoms with E-state index < -0.39 is 0 Å². The van der Waals surface area contributed by atoms with Crippen LogP contribution in [-0.2, 0) is 32.2 Å². The molecule has 5 rings (SSSR count). The van der Waals surface area contributed by atoms with Crippen LogP contribution in [0.15, 0.2) is 30.5 Å². The summed E-state index contributed by atoms with van der Waals surface area (Å²) in [4.78, 5) is 23.1. The molecular formula is C28H33N5O3. The predicted molar refractivity (Wildman–Crippen MR) is 140 cm³/mol. The van der Waals surface area contributed by atoms with Gasteiger partial charge in [0.15, 0.2) is 0 Å². The van der Waals surface area contributed by atoms with E-state index in [0.717, 1.165) is 50.0 Å². The van der Waals surface area contributed by atoms with Crippen molar-refractivity contribution in [1.82, 2.24) is 19.4 Å². The molecule has 0 fully saturated rings. The Morgan fingerprint density at radius 2 is 2.06 bits per heavy atom. The molecule has 0 atom stereocenters. The number of ether oxygens (including phenoxy) is 1. The second-order valence-corrected chi connectivity index (χ2v) is 9.87. The third-order valence-corrected chi connectivity index (χ3v) is 7.19. The van der Waals surface area contributed by atoms with Crippen molar-refractivity contribution in [1.29, 1.82) is 0 Å². The fourth-order valence-electron chi connectivity index (χ4n) is 5.57. The predicted octanol–water partition coefficient (Wildman–Crippen LogP) is 4.85. The first-order chi connectivity index (χ1) is 17.5. The molecule has 1 aliphatic heterocycles. The van der Waals surface area contributed by atoms with Crippen LogP contribution in [0.4, 0.5) is 5.69 Å². The molecule has 1 aliphatic carbocycles. The molecule has 0 N–H and O–H groups in total. The van der Waals surface area contributed by atoms with Gasteiger partial charge in [-0.15, -0.1) is 0 Å². The molecule has 0 saturated carbocycles. The number of hydrogen-bond acceptors (Lipinski definition) is 6. The molecule has 1 aromatic carbocycles. The van der Waals surface area contributed by atoms with Crippen molar-refractivity contribution < 1.29 is 9.66 Å². The zero-order chi connectivity index (χ0) is 25.2. The van der Waals surface area contributed by atoms with Crippen LogP contribution in [0.1, 0.15) is 53.2 Å². The van der Waals surface area contributed by atoms with Crippen molar-refractivity contribution in [3.05, 3.63) is 74.5 Å². The van der Waals surface area contributed by atoms with Gasteiger partial charge in [-0.3, -0.25) is 10.1 Å². The molecular weight excluding hydrogens is 454 g/mol. The quantitative estimate of drug-likeness (QED) is 0.317. The molecule has 0 bridgehead atoms. The fourth-order valence-corrected chi connectivity index (χ4v) is 5.57. The van der Waals surface area contributed by atoms with Gasteiger partial charge in [0.1, 0.15) is 11.6 Å². The summed E-state index contributed by atoms with van der Waals surface area (Å²) < 4.78 is 8.14. The zero-order valence-electron chi connectivity index (χ0n) is 21.3. The number of fused-ring (bicyclic) bond motifs is 3. The van der Waals surface area contributed by atoms with Gasteiger partial charge in [-0.05, 0) is 71.3 Å². The van der Waals surface area contributed by atoms with E-state index in [1.54, 1.807) is 19.4 Å². The Morgan fingerprint density at radius 1 is 1.19 bits per heavy atom. The van der Waals surface area contributed by atoms with Crippen molar-refractivity contribution >= 4 is 11.8 Å². The van der Waals surface area contributed by atoms with Gasteiger partial charge in [0.25, 0.3) is 5.69 Å². The van der Waals surface area contributed by atoms with Gasteiger partial charge < -0.3 is 14.2 Å². The van der Waals surface area contributed by atoms with E-state index in [4.69, 9.17) is 9.72 Å². The largest absolute Gasteiger partial charge is 0.496 e. The van der Waals surface area contributed by atoms with Crippen molar-refractivity contribution in [3.63, 3.8) is 0 Å². The maximum absolute atomic E-state index is 11.9. The summed E-state index contributed by atoms with van der Waals surface area (Å²) in [6.07, 6.45) is 12.5. The highest BCUT2D eigenvalue weighted by atomic mass is 16.6. The number of nitro benzene ring substituents is 1. The number of nitrogens with zero attached hydrogens (tertiary/aromatic N) is 5. The summed E-state index contributed by atoms with van der Waals surface area (Å²) in [5.41, 5.74) is 7.76. The standard InChI is InChI=1S/C28H33N5O3/c1-31(2)14-6-8-19-17-26(36-3)20(16-25(19)33(34)35)18-27-29-13-12-22(30-27)28-21-9-4-5-10-23(21)32-15-7-11-24(28)32/h4,9,12-13,16-17H,5-8,10-11,14-15,18H2,1-3H3. The molecule has 0 radical (unpaired) electrons. The number of rotatable bonds is 9. The number of nitro groups is 1. The van der Waals surface area contributed by atoms with Crippen molar-refractivity contribution in [2.75, 3.05) is 27.7 Å². The van der Waals surface area contributed by atoms with E-state index in [1.807, 2.05) is 26.2 Å². The molecule has 0 spiro atoms. The Labute approximate surface area is 211 Å². The molecule has 3 heterocycles. The first-order valence-electron chi connectivity index (χ1n) is 12.7. The average molecular weight is 488 g/mol. The molecule has 36 heavy (non-hydrogen) atoms. The number of hydrogen-bond donors (Lipinski definition) is 0. The second kappa shape index (κ2) is 10.2. The first-order valence-corrected chi connectivity index (χ1v) is 12.7. The Bertz CT molecular complexity index is 1330. The number of aromatic nitrogens is 3. The van der Waals surface area contributed by atoms with Crippen LogP contribution in [0.2, 0.25) is 0 Å². The molecule has 0 saturated heterocycles. The summed E-state index contributed by atoms with van der Waals surface area (Å²) in [6.45, 7) is 1.94. The van der Waals surface area contributed by atoms with E-state index in [-0.39, 0.29) is 10.6 Å². The highest BCUT2D eigenvalue weighted by Gasteiger charge is 2.27.